The van der Waals surface area contributed by atoms with Crippen LogP contribution >= 0.6 is 0 Å². The van der Waals surface area contributed by atoms with Crippen LogP contribution in [0.3, 0.4) is 0 Å². The average molecular weight is 282 g/mol. The Bertz CT molecular complexity index is 392. The van der Waals surface area contributed by atoms with E-state index in [1.165, 1.54) is 6.08 Å². The van der Waals surface area contributed by atoms with Gasteiger partial charge in [-0.3, -0.25) is 14.4 Å². The molecular formula is C15H22O5. The smallest absolute Gasteiger partial charge is 0.324 e. The third kappa shape index (κ3) is 3.46. The van der Waals surface area contributed by atoms with E-state index in [0.29, 0.717) is 12.8 Å². The first kappa shape index (κ1) is 16.4. The van der Waals surface area contributed by atoms with Crippen molar-refractivity contribution in [2.75, 3.05) is 13.2 Å². The molecule has 0 radical (unpaired) electrons. The van der Waals surface area contributed by atoms with Gasteiger partial charge in [0, 0.05) is 12.3 Å². The molecule has 0 N–H and O–H groups in total. The number of allylic oxidation sites excluding steroid dienone is 2. The van der Waals surface area contributed by atoms with Gasteiger partial charge in [-0.1, -0.05) is 13.0 Å². The van der Waals surface area contributed by atoms with Crippen molar-refractivity contribution in [3.8, 4) is 0 Å². The topological polar surface area (TPSA) is 69.7 Å². The Morgan fingerprint density at radius 1 is 1.10 bits per heavy atom. The van der Waals surface area contributed by atoms with E-state index in [0.717, 1.165) is 6.42 Å². The minimum Gasteiger partial charge on any atom is -0.465 e. The quantitative estimate of drug-likeness (QED) is 0.387. The molecule has 0 aromatic carbocycles. The van der Waals surface area contributed by atoms with Gasteiger partial charge >= 0.3 is 11.9 Å². The summed E-state index contributed by atoms with van der Waals surface area (Å²) in [7, 11) is 0. The molecule has 0 spiro atoms. The molecule has 1 fully saturated rings. The lowest BCUT2D eigenvalue weighted by atomic mass is 10.0. The van der Waals surface area contributed by atoms with Gasteiger partial charge in [0.1, 0.15) is 0 Å². The Labute approximate surface area is 119 Å². The number of carbonyl (C=O) groups excluding carboxylic acids is 3. The second kappa shape index (κ2) is 7.22. The van der Waals surface area contributed by atoms with Crippen molar-refractivity contribution >= 4 is 17.7 Å². The highest BCUT2D eigenvalue weighted by Gasteiger charge is 2.67. The maximum atomic E-state index is 12.0. The fourth-order valence-electron chi connectivity index (χ4n) is 2.15. The fraction of sp³-hybridized carbons (Fsp3) is 0.667. The monoisotopic (exact) mass is 282 g/mol. The van der Waals surface area contributed by atoms with E-state index < -0.39 is 17.4 Å². The molecule has 0 aliphatic heterocycles. The van der Waals surface area contributed by atoms with Crippen molar-refractivity contribution < 1.29 is 23.9 Å². The van der Waals surface area contributed by atoms with Crippen LogP contribution < -0.4 is 0 Å². The summed E-state index contributed by atoms with van der Waals surface area (Å²) in [6, 6.07) is 0. The van der Waals surface area contributed by atoms with Crippen LogP contribution in [0, 0.1) is 11.3 Å². The van der Waals surface area contributed by atoms with E-state index in [4.69, 9.17) is 9.47 Å². The van der Waals surface area contributed by atoms with Gasteiger partial charge < -0.3 is 9.47 Å². The van der Waals surface area contributed by atoms with Crippen molar-refractivity contribution in [2.45, 2.75) is 40.0 Å². The Balaban J connectivity index is 2.77. The molecule has 0 saturated heterocycles. The van der Waals surface area contributed by atoms with Crippen LogP contribution in [0.5, 0.6) is 0 Å². The molecule has 112 valence electrons. The summed E-state index contributed by atoms with van der Waals surface area (Å²) in [5.74, 6) is -1.42. The maximum absolute atomic E-state index is 12.0. The summed E-state index contributed by atoms with van der Waals surface area (Å²) >= 11 is 0. The van der Waals surface area contributed by atoms with E-state index in [9.17, 15) is 14.4 Å². The van der Waals surface area contributed by atoms with Gasteiger partial charge in [0.25, 0.3) is 0 Å². The Hall–Kier alpha value is -1.65. The van der Waals surface area contributed by atoms with Crippen molar-refractivity contribution in [3.05, 3.63) is 12.2 Å². The third-order valence-electron chi connectivity index (χ3n) is 3.30. The molecule has 0 aromatic rings. The summed E-state index contributed by atoms with van der Waals surface area (Å²) in [6.07, 6.45) is 4.67. The van der Waals surface area contributed by atoms with Crippen LogP contribution in [0.25, 0.3) is 0 Å². The molecule has 0 amide bonds. The van der Waals surface area contributed by atoms with Gasteiger partial charge in [-0.25, -0.2) is 0 Å². The van der Waals surface area contributed by atoms with Crippen LogP contribution in [0.4, 0.5) is 0 Å². The second-order valence-electron chi connectivity index (χ2n) is 4.80. The molecule has 5 nitrogen and oxygen atoms in total. The SMILES string of the molecule is CCCC(=O)/C=C/C1CC1(C(=O)OCC)C(=O)OCC. The van der Waals surface area contributed by atoms with Gasteiger partial charge in [0.2, 0.25) is 0 Å². The standard InChI is InChI=1S/C15H22O5/c1-4-7-12(16)9-8-11-10-15(11,13(17)19-5-2)14(18)20-6-3/h8-9,11H,4-7,10H2,1-3H3/b9-8+. The maximum Gasteiger partial charge on any atom is 0.324 e. The number of ether oxygens (including phenoxy) is 2. The highest BCUT2D eigenvalue weighted by atomic mass is 16.6. The lowest BCUT2D eigenvalue weighted by molar-refractivity contribution is -0.164. The molecule has 1 aliphatic rings. The Morgan fingerprint density at radius 2 is 1.65 bits per heavy atom. The zero-order chi connectivity index (χ0) is 15.2. The largest absolute Gasteiger partial charge is 0.465 e. The molecule has 1 aliphatic carbocycles. The molecule has 5 heteroatoms. The summed E-state index contributed by atoms with van der Waals surface area (Å²) in [5, 5.41) is 0. The minimum atomic E-state index is -1.24. The number of hydrogen-bond donors (Lipinski definition) is 0. The zero-order valence-corrected chi connectivity index (χ0v) is 12.3. The zero-order valence-electron chi connectivity index (χ0n) is 12.3. The van der Waals surface area contributed by atoms with Crippen molar-refractivity contribution in [3.63, 3.8) is 0 Å². The van der Waals surface area contributed by atoms with E-state index in [2.05, 4.69) is 0 Å². The number of rotatable bonds is 8. The number of ketones is 1. The molecule has 1 unspecified atom stereocenters. The van der Waals surface area contributed by atoms with Gasteiger partial charge in [-0.15, -0.1) is 0 Å². The number of carbonyl (C=O) groups is 3. The van der Waals surface area contributed by atoms with Crippen LogP contribution in [0.1, 0.15) is 40.0 Å². The van der Waals surface area contributed by atoms with E-state index in [1.54, 1.807) is 19.9 Å². The van der Waals surface area contributed by atoms with Crippen molar-refractivity contribution in [1.29, 1.82) is 0 Å². The third-order valence-corrected chi connectivity index (χ3v) is 3.30. The Kier molecular flexibility index (Phi) is 5.92. The number of esters is 2. The molecule has 0 bridgehead atoms. The van der Waals surface area contributed by atoms with Crippen LogP contribution in [0.2, 0.25) is 0 Å². The average Bonchev–Trinajstić information content (AvgIpc) is 3.13. The molecule has 20 heavy (non-hydrogen) atoms. The van der Waals surface area contributed by atoms with Gasteiger partial charge in [0.15, 0.2) is 11.2 Å². The van der Waals surface area contributed by atoms with E-state index in [1.807, 2.05) is 6.92 Å². The first-order valence-corrected chi connectivity index (χ1v) is 7.08. The lowest BCUT2D eigenvalue weighted by Crippen LogP contribution is -2.31. The van der Waals surface area contributed by atoms with Gasteiger partial charge in [-0.2, -0.15) is 0 Å². The predicted octanol–water partition coefficient (Wildman–Crippen LogP) is 2.04. The normalized spacial score (nSPS) is 19.6. The van der Waals surface area contributed by atoms with Crippen LogP contribution in [0.15, 0.2) is 12.2 Å². The highest BCUT2D eigenvalue weighted by molar-refractivity contribution is 6.04. The number of hydrogen-bond acceptors (Lipinski definition) is 5. The van der Waals surface area contributed by atoms with Crippen LogP contribution in [-0.4, -0.2) is 30.9 Å². The van der Waals surface area contributed by atoms with Gasteiger partial charge in [0.05, 0.1) is 13.2 Å². The molecule has 1 rings (SSSR count). The Morgan fingerprint density at radius 3 is 2.10 bits per heavy atom. The molecule has 0 heterocycles. The summed E-state index contributed by atoms with van der Waals surface area (Å²) in [6.45, 7) is 5.73. The minimum absolute atomic E-state index is 0.000942. The summed E-state index contributed by atoms with van der Waals surface area (Å²) in [4.78, 5) is 35.4. The first-order chi connectivity index (χ1) is 9.52. The van der Waals surface area contributed by atoms with Gasteiger partial charge in [-0.05, 0) is 32.8 Å². The first-order valence-electron chi connectivity index (χ1n) is 7.08. The predicted molar refractivity (Wildman–Crippen MR) is 72.9 cm³/mol. The molecular weight excluding hydrogens is 260 g/mol. The van der Waals surface area contributed by atoms with Crippen LogP contribution in [-0.2, 0) is 23.9 Å². The fourth-order valence-corrected chi connectivity index (χ4v) is 2.15. The summed E-state index contributed by atoms with van der Waals surface area (Å²) < 4.78 is 9.93. The van der Waals surface area contributed by atoms with E-state index >= 15 is 0 Å². The van der Waals surface area contributed by atoms with Crippen molar-refractivity contribution in [2.24, 2.45) is 11.3 Å². The molecule has 0 aromatic heterocycles. The lowest BCUT2D eigenvalue weighted by Gasteiger charge is -2.13. The molecule has 1 saturated carbocycles. The second-order valence-corrected chi connectivity index (χ2v) is 4.80. The highest BCUT2D eigenvalue weighted by Crippen LogP contribution is 2.55. The van der Waals surface area contributed by atoms with E-state index in [-0.39, 0.29) is 24.9 Å². The molecule has 1 atom stereocenters. The van der Waals surface area contributed by atoms with Crippen molar-refractivity contribution in [1.82, 2.24) is 0 Å². The summed E-state index contributed by atoms with van der Waals surface area (Å²) in [5.41, 5.74) is -1.24.